The van der Waals surface area contributed by atoms with Gasteiger partial charge in [0.05, 0.1) is 25.7 Å². The highest BCUT2D eigenvalue weighted by atomic mass is 35.5. The average molecular weight is 517 g/mol. The van der Waals surface area contributed by atoms with Crippen LogP contribution in [0.1, 0.15) is 43.7 Å². The lowest BCUT2D eigenvalue weighted by molar-refractivity contribution is -0.118. The third kappa shape index (κ3) is 3.92. The number of rotatable bonds is 4. The maximum absolute atomic E-state index is 13.6. The summed E-state index contributed by atoms with van der Waals surface area (Å²) in [5, 5.41) is 5.29. The summed E-state index contributed by atoms with van der Waals surface area (Å²) in [5.41, 5.74) is 3.35. The normalized spacial score (nSPS) is 18.3. The number of fused-ring (bicyclic) bond motifs is 3. The molecule has 1 unspecified atom stereocenters. The van der Waals surface area contributed by atoms with E-state index in [1.165, 1.54) is 0 Å². The van der Waals surface area contributed by atoms with Crippen molar-refractivity contribution in [3.05, 3.63) is 76.3 Å². The van der Waals surface area contributed by atoms with Crippen LogP contribution in [-0.2, 0) is 4.79 Å². The molecule has 0 radical (unpaired) electrons. The number of allylic oxidation sites excluding steroid dienone is 2. The topological polar surface area (TPSA) is 87.8 Å². The van der Waals surface area contributed by atoms with Crippen LogP contribution < -0.4 is 14.2 Å². The molecule has 1 atom stereocenters. The van der Waals surface area contributed by atoms with Gasteiger partial charge in [0.25, 0.3) is 0 Å². The number of hydrogen-bond acceptors (Lipinski definition) is 7. The standard InChI is InChI=1S/C28H25ClN4O4/c1-28(2)12-18(34)23-21(13-28)37-27-24(22(23)16-7-10-19(35-3)20(11-16)36-4)26-31-25(32-33(26)14-30-27)15-5-8-17(29)9-6-15/h5-11,14,22H,12-13H2,1-4H3. The van der Waals surface area contributed by atoms with Gasteiger partial charge in [0, 0.05) is 29.0 Å². The Morgan fingerprint density at radius 2 is 1.81 bits per heavy atom. The zero-order valence-electron chi connectivity index (χ0n) is 20.9. The predicted molar refractivity (Wildman–Crippen MR) is 138 cm³/mol. The molecule has 0 N–H and O–H groups in total. The fraction of sp³-hybridized carbons (Fsp3) is 0.286. The van der Waals surface area contributed by atoms with Crippen LogP contribution in [0.4, 0.5) is 0 Å². The lowest BCUT2D eigenvalue weighted by Gasteiger charge is -2.37. The number of ether oxygens (including phenoxy) is 3. The first-order valence-corrected chi connectivity index (χ1v) is 12.3. The monoisotopic (exact) mass is 516 g/mol. The van der Waals surface area contributed by atoms with E-state index in [2.05, 4.69) is 23.9 Å². The van der Waals surface area contributed by atoms with Gasteiger partial charge in [-0.25, -0.2) is 14.5 Å². The summed E-state index contributed by atoms with van der Waals surface area (Å²) in [6.07, 6.45) is 2.65. The summed E-state index contributed by atoms with van der Waals surface area (Å²) < 4.78 is 19.0. The number of Topliss-reactive ketones (excluding diaryl/α,β-unsaturated/α-hetero) is 1. The number of halogens is 1. The Hall–Kier alpha value is -3.91. The zero-order valence-corrected chi connectivity index (χ0v) is 21.7. The van der Waals surface area contributed by atoms with E-state index in [-0.39, 0.29) is 11.2 Å². The number of nitrogens with zero attached hydrogens (tertiary/aromatic N) is 4. The Morgan fingerprint density at radius 3 is 2.54 bits per heavy atom. The van der Waals surface area contributed by atoms with Crippen LogP contribution >= 0.6 is 11.6 Å². The fourth-order valence-electron chi connectivity index (χ4n) is 5.23. The van der Waals surface area contributed by atoms with Crippen LogP contribution in [0.3, 0.4) is 0 Å². The van der Waals surface area contributed by atoms with Crippen molar-refractivity contribution in [1.82, 2.24) is 19.6 Å². The molecule has 2 aliphatic rings. The third-order valence-corrected chi connectivity index (χ3v) is 7.16. The average Bonchev–Trinajstić information content (AvgIpc) is 3.31. The van der Waals surface area contributed by atoms with E-state index >= 15 is 0 Å². The first-order chi connectivity index (χ1) is 17.8. The van der Waals surface area contributed by atoms with Crippen molar-refractivity contribution in [2.45, 2.75) is 32.6 Å². The second-order valence-corrected chi connectivity index (χ2v) is 10.5. The van der Waals surface area contributed by atoms with E-state index in [1.54, 1.807) is 37.2 Å². The molecule has 0 saturated heterocycles. The van der Waals surface area contributed by atoms with Crippen LogP contribution in [0.5, 0.6) is 17.4 Å². The van der Waals surface area contributed by atoms with E-state index in [0.29, 0.717) is 63.6 Å². The van der Waals surface area contributed by atoms with Gasteiger partial charge in [0.1, 0.15) is 12.1 Å². The number of benzene rings is 2. The highest BCUT2D eigenvalue weighted by Crippen LogP contribution is 2.51. The van der Waals surface area contributed by atoms with Gasteiger partial charge in [-0.15, -0.1) is 5.10 Å². The Balaban J connectivity index is 1.60. The van der Waals surface area contributed by atoms with Crippen LogP contribution in [0, 0.1) is 5.41 Å². The number of ketones is 1. The Bertz CT molecular complexity index is 1590. The highest BCUT2D eigenvalue weighted by Gasteiger charge is 2.44. The number of aromatic nitrogens is 4. The summed E-state index contributed by atoms with van der Waals surface area (Å²) in [6, 6.07) is 13.0. The summed E-state index contributed by atoms with van der Waals surface area (Å²) in [6.45, 7) is 4.15. The van der Waals surface area contributed by atoms with Crippen molar-refractivity contribution in [3.63, 3.8) is 0 Å². The van der Waals surface area contributed by atoms with Crippen molar-refractivity contribution in [2.24, 2.45) is 5.41 Å². The molecular weight excluding hydrogens is 492 g/mol. The summed E-state index contributed by atoms with van der Waals surface area (Å²) in [4.78, 5) is 23.1. The smallest absolute Gasteiger partial charge is 0.228 e. The Kier molecular flexibility index (Phi) is 5.45. The van der Waals surface area contributed by atoms with E-state index in [0.717, 1.165) is 11.1 Å². The van der Waals surface area contributed by atoms with Gasteiger partial charge in [-0.1, -0.05) is 31.5 Å². The van der Waals surface area contributed by atoms with Gasteiger partial charge >= 0.3 is 0 Å². The number of hydrogen-bond donors (Lipinski definition) is 0. The van der Waals surface area contributed by atoms with Crippen molar-refractivity contribution in [1.29, 1.82) is 0 Å². The second kappa shape index (κ2) is 8.59. The molecule has 1 aliphatic carbocycles. The number of carbonyl (C=O) groups is 1. The molecule has 0 amide bonds. The van der Waals surface area contributed by atoms with Gasteiger partial charge in [0.15, 0.2) is 28.8 Å². The van der Waals surface area contributed by atoms with Crippen LogP contribution in [0.25, 0.3) is 17.0 Å². The molecule has 37 heavy (non-hydrogen) atoms. The van der Waals surface area contributed by atoms with E-state index < -0.39 is 5.92 Å². The maximum atomic E-state index is 13.6. The van der Waals surface area contributed by atoms with Crippen molar-refractivity contribution >= 4 is 23.0 Å². The first kappa shape index (κ1) is 23.5. The molecular formula is C28H25ClN4O4. The molecule has 1 aliphatic heterocycles. The van der Waals surface area contributed by atoms with Crippen LogP contribution in [0.2, 0.25) is 5.02 Å². The van der Waals surface area contributed by atoms with Crippen LogP contribution in [-0.4, -0.2) is 39.6 Å². The van der Waals surface area contributed by atoms with E-state index in [1.807, 2.05) is 30.3 Å². The Labute approximate surface area is 218 Å². The minimum Gasteiger partial charge on any atom is -0.493 e. The number of carbonyl (C=O) groups excluding carboxylic acids is 1. The molecule has 8 nitrogen and oxygen atoms in total. The SMILES string of the molecule is COc1ccc(C2C3=C(CC(C)(C)CC3=O)Oc3ncn4nc(-c5ccc(Cl)cc5)nc4c32)cc1OC. The van der Waals surface area contributed by atoms with Crippen molar-refractivity contribution < 1.29 is 19.0 Å². The lowest BCUT2D eigenvalue weighted by atomic mass is 9.70. The maximum Gasteiger partial charge on any atom is 0.228 e. The van der Waals surface area contributed by atoms with Crippen molar-refractivity contribution in [2.75, 3.05) is 14.2 Å². The highest BCUT2D eigenvalue weighted by molar-refractivity contribution is 6.30. The van der Waals surface area contributed by atoms with Gasteiger partial charge in [0.2, 0.25) is 5.88 Å². The molecule has 9 heteroatoms. The Morgan fingerprint density at radius 1 is 1.05 bits per heavy atom. The second-order valence-electron chi connectivity index (χ2n) is 10.1. The van der Waals surface area contributed by atoms with E-state index in [4.69, 9.17) is 30.8 Å². The van der Waals surface area contributed by atoms with E-state index in [9.17, 15) is 4.79 Å². The fourth-order valence-corrected chi connectivity index (χ4v) is 5.36. The first-order valence-electron chi connectivity index (χ1n) is 12.0. The predicted octanol–water partition coefficient (Wildman–Crippen LogP) is 5.63. The molecule has 0 spiro atoms. The van der Waals surface area contributed by atoms with Crippen molar-refractivity contribution in [3.8, 4) is 28.8 Å². The van der Waals surface area contributed by atoms with Gasteiger partial charge < -0.3 is 14.2 Å². The summed E-state index contributed by atoms with van der Waals surface area (Å²) in [5.74, 6) is 2.37. The molecule has 2 aromatic carbocycles. The minimum absolute atomic E-state index is 0.0520. The number of methoxy groups -OCH3 is 2. The molecule has 3 heterocycles. The van der Waals surface area contributed by atoms with Gasteiger partial charge in [-0.3, -0.25) is 4.79 Å². The van der Waals surface area contributed by atoms with Gasteiger partial charge in [-0.05, 0) is 47.4 Å². The molecule has 0 bridgehead atoms. The molecule has 2 aromatic heterocycles. The quantitative estimate of drug-likeness (QED) is 0.347. The summed E-state index contributed by atoms with van der Waals surface area (Å²) in [7, 11) is 3.19. The molecule has 0 fully saturated rings. The summed E-state index contributed by atoms with van der Waals surface area (Å²) >= 11 is 6.08. The molecule has 188 valence electrons. The molecule has 6 rings (SSSR count). The van der Waals surface area contributed by atoms with Crippen LogP contribution in [0.15, 0.2) is 60.1 Å². The lowest BCUT2D eigenvalue weighted by Crippen LogP contribution is -2.33. The zero-order chi connectivity index (χ0) is 25.9. The molecule has 0 saturated carbocycles. The third-order valence-electron chi connectivity index (χ3n) is 6.91. The largest absolute Gasteiger partial charge is 0.493 e. The minimum atomic E-state index is -0.458. The van der Waals surface area contributed by atoms with Gasteiger partial charge in [-0.2, -0.15) is 0 Å². The molecule has 4 aromatic rings.